The highest BCUT2D eigenvalue weighted by atomic mass is 32.2. The van der Waals surface area contributed by atoms with Crippen molar-refractivity contribution in [1.82, 2.24) is 10.2 Å². The number of aromatic nitrogens is 2. The van der Waals surface area contributed by atoms with E-state index in [1.807, 2.05) is 38.1 Å². The van der Waals surface area contributed by atoms with Crippen LogP contribution in [0.5, 0.6) is 0 Å². The fraction of sp³-hybridized carbons (Fsp3) is 0.278. The summed E-state index contributed by atoms with van der Waals surface area (Å²) >= 11 is 2.83. The number of Topliss-reactive ketones (excluding diaryl/α,β-unsaturated/α-hetero) is 1. The van der Waals surface area contributed by atoms with Gasteiger partial charge in [0.2, 0.25) is 5.89 Å². The lowest BCUT2D eigenvalue weighted by atomic mass is 10.1. The molecule has 1 aromatic carbocycles. The number of carbonyl (C=O) groups is 1. The molecule has 124 valence electrons. The first-order chi connectivity index (χ1) is 11.5. The highest BCUT2D eigenvalue weighted by Crippen LogP contribution is 2.26. The van der Waals surface area contributed by atoms with Gasteiger partial charge >= 0.3 is 0 Å². The summed E-state index contributed by atoms with van der Waals surface area (Å²) in [7, 11) is 0. The Labute approximate surface area is 149 Å². The number of carbonyl (C=O) groups excluding carboxylic acids is 1. The van der Waals surface area contributed by atoms with Crippen LogP contribution in [0.15, 0.2) is 40.0 Å². The smallest absolute Gasteiger partial charge is 0.277 e. The third-order valence-electron chi connectivity index (χ3n) is 3.49. The largest absolute Gasteiger partial charge is 0.411 e. The Balaban J connectivity index is 1.66. The highest BCUT2D eigenvalue weighted by Gasteiger charge is 2.14. The maximum absolute atomic E-state index is 12.2. The van der Waals surface area contributed by atoms with E-state index in [0.717, 1.165) is 28.0 Å². The standard InChI is InChI=1S/C18H18N2O2S2/c1-4-14-5-6-16(24-14)15(21)10-23-18-20-19-17(22-18)13-8-11(2)7-12(3)9-13/h5-9H,4,10H2,1-3H3. The van der Waals surface area contributed by atoms with Crippen LogP contribution >= 0.6 is 23.1 Å². The van der Waals surface area contributed by atoms with Gasteiger partial charge in [0.25, 0.3) is 5.22 Å². The first-order valence-electron chi connectivity index (χ1n) is 7.72. The minimum Gasteiger partial charge on any atom is -0.411 e. The van der Waals surface area contributed by atoms with E-state index < -0.39 is 0 Å². The molecule has 0 aliphatic heterocycles. The van der Waals surface area contributed by atoms with Crippen molar-refractivity contribution in [2.75, 3.05) is 5.75 Å². The van der Waals surface area contributed by atoms with E-state index in [1.165, 1.54) is 16.6 Å². The summed E-state index contributed by atoms with van der Waals surface area (Å²) in [6.07, 6.45) is 0.952. The lowest BCUT2D eigenvalue weighted by Gasteiger charge is -2.00. The van der Waals surface area contributed by atoms with Crippen LogP contribution in [0.3, 0.4) is 0 Å². The van der Waals surface area contributed by atoms with Crippen molar-refractivity contribution in [2.24, 2.45) is 0 Å². The van der Waals surface area contributed by atoms with Gasteiger partial charge in [0.1, 0.15) is 0 Å². The molecule has 0 aliphatic carbocycles. The van der Waals surface area contributed by atoms with Crippen LogP contribution in [-0.2, 0) is 6.42 Å². The molecule has 6 heteroatoms. The van der Waals surface area contributed by atoms with Crippen molar-refractivity contribution in [3.8, 4) is 11.5 Å². The van der Waals surface area contributed by atoms with E-state index in [-0.39, 0.29) is 5.78 Å². The van der Waals surface area contributed by atoms with Crippen LogP contribution in [0.2, 0.25) is 0 Å². The summed E-state index contributed by atoms with van der Waals surface area (Å²) in [4.78, 5) is 14.2. The summed E-state index contributed by atoms with van der Waals surface area (Å²) in [5.41, 5.74) is 3.21. The second-order valence-corrected chi connectivity index (χ2v) is 7.68. The molecule has 0 radical (unpaired) electrons. The highest BCUT2D eigenvalue weighted by molar-refractivity contribution is 7.99. The topological polar surface area (TPSA) is 56.0 Å². The fourth-order valence-corrected chi connectivity index (χ4v) is 4.02. The number of thioether (sulfide) groups is 1. The van der Waals surface area contributed by atoms with E-state index >= 15 is 0 Å². The predicted molar refractivity (Wildman–Crippen MR) is 98.0 cm³/mol. The zero-order valence-corrected chi connectivity index (χ0v) is 15.5. The van der Waals surface area contributed by atoms with Crippen molar-refractivity contribution < 1.29 is 9.21 Å². The number of ketones is 1. The molecule has 0 saturated carbocycles. The molecule has 24 heavy (non-hydrogen) atoms. The molecular formula is C18H18N2O2S2. The molecule has 0 amide bonds. The maximum atomic E-state index is 12.2. The summed E-state index contributed by atoms with van der Waals surface area (Å²) in [6, 6.07) is 10.0. The van der Waals surface area contributed by atoms with Crippen LogP contribution in [0.25, 0.3) is 11.5 Å². The van der Waals surface area contributed by atoms with Crippen molar-refractivity contribution in [1.29, 1.82) is 0 Å². The lowest BCUT2D eigenvalue weighted by Crippen LogP contribution is -1.99. The molecule has 0 fully saturated rings. The van der Waals surface area contributed by atoms with Gasteiger partial charge in [0.15, 0.2) is 5.78 Å². The zero-order valence-electron chi connectivity index (χ0n) is 13.8. The molecule has 0 atom stereocenters. The monoisotopic (exact) mass is 358 g/mol. The Kier molecular flexibility index (Phi) is 5.16. The maximum Gasteiger partial charge on any atom is 0.277 e. The molecule has 0 bridgehead atoms. The molecule has 2 aromatic heterocycles. The van der Waals surface area contributed by atoms with Crippen LogP contribution in [0.4, 0.5) is 0 Å². The number of rotatable bonds is 6. The van der Waals surface area contributed by atoms with E-state index in [1.54, 1.807) is 11.3 Å². The molecule has 0 saturated heterocycles. The average molecular weight is 358 g/mol. The lowest BCUT2D eigenvalue weighted by molar-refractivity contribution is 0.102. The van der Waals surface area contributed by atoms with Crippen LogP contribution in [0.1, 0.15) is 32.6 Å². The summed E-state index contributed by atoms with van der Waals surface area (Å²) < 4.78 is 5.68. The number of thiophene rings is 1. The van der Waals surface area contributed by atoms with Gasteiger partial charge in [0.05, 0.1) is 10.6 Å². The van der Waals surface area contributed by atoms with Crippen LogP contribution < -0.4 is 0 Å². The van der Waals surface area contributed by atoms with Gasteiger partial charge in [-0.25, -0.2) is 0 Å². The Morgan fingerprint density at radius 3 is 2.58 bits per heavy atom. The normalized spacial score (nSPS) is 11.0. The van der Waals surface area contributed by atoms with Gasteiger partial charge < -0.3 is 4.42 Å². The molecule has 3 aromatic rings. The third kappa shape index (κ3) is 3.94. The van der Waals surface area contributed by atoms with E-state index in [0.29, 0.717) is 16.9 Å². The molecule has 0 spiro atoms. The second-order valence-electron chi connectivity index (χ2n) is 5.58. The summed E-state index contributed by atoms with van der Waals surface area (Å²) in [6.45, 7) is 6.15. The summed E-state index contributed by atoms with van der Waals surface area (Å²) in [5, 5.41) is 8.55. The second kappa shape index (κ2) is 7.32. The Morgan fingerprint density at radius 1 is 1.17 bits per heavy atom. The first-order valence-corrected chi connectivity index (χ1v) is 9.52. The Bertz CT molecular complexity index is 847. The molecule has 2 heterocycles. The molecule has 0 N–H and O–H groups in total. The molecule has 3 rings (SSSR count). The van der Waals surface area contributed by atoms with Gasteiger partial charge in [-0.2, -0.15) is 0 Å². The average Bonchev–Trinajstić information content (AvgIpc) is 3.21. The SMILES string of the molecule is CCc1ccc(C(=O)CSc2nnc(-c3cc(C)cc(C)c3)o2)s1. The minimum atomic E-state index is 0.0934. The van der Waals surface area contributed by atoms with Crippen LogP contribution in [0, 0.1) is 13.8 Å². The first kappa shape index (κ1) is 16.9. The molecule has 0 unspecified atom stereocenters. The van der Waals surface area contributed by atoms with Crippen molar-refractivity contribution in [3.63, 3.8) is 0 Å². The van der Waals surface area contributed by atoms with E-state index in [2.05, 4.69) is 23.2 Å². The Hall–Kier alpha value is -1.92. The number of hydrogen-bond donors (Lipinski definition) is 0. The molecule has 4 nitrogen and oxygen atoms in total. The predicted octanol–water partition coefficient (Wildman–Crippen LogP) is 4.95. The van der Waals surface area contributed by atoms with Crippen LogP contribution in [-0.4, -0.2) is 21.7 Å². The van der Waals surface area contributed by atoms with Crippen molar-refractivity contribution in [3.05, 3.63) is 51.2 Å². The van der Waals surface area contributed by atoms with E-state index in [9.17, 15) is 4.79 Å². The van der Waals surface area contributed by atoms with E-state index in [4.69, 9.17) is 4.42 Å². The summed E-state index contributed by atoms with van der Waals surface area (Å²) in [5.74, 6) is 0.884. The number of benzene rings is 1. The van der Waals surface area contributed by atoms with Gasteiger partial charge in [0, 0.05) is 10.4 Å². The zero-order chi connectivity index (χ0) is 17.1. The quantitative estimate of drug-likeness (QED) is 0.461. The molecular weight excluding hydrogens is 340 g/mol. The number of aryl methyl sites for hydroxylation is 3. The van der Waals surface area contributed by atoms with Gasteiger partial charge in [-0.1, -0.05) is 35.9 Å². The fourth-order valence-electron chi connectivity index (χ4n) is 2.40. The minimum absolute atomic E-state index is 0.0934. The van der Waals surface area contributed by atoms with Crippen molar-refractivity contribution >= 4 is 28.9 Å². The molecule has 0 aliphatic rings. The van der Waals surface area contributed by atoms with Gasteiger partial charge in [-0.3, -0.25) is 4.79 Å². The van der Waals surface area contributed by atoms with Crippen molar-refractivity contribution in [2.45, 2.75) is 32.4 Å². The Morgan fingerprint density at radius 2 is 1.92 bits per heavy atom. The number of hydrogen-bond acceptors (Lipinski definition) is 6. The van der Waals surface area contributed by atoms with Gasteiger partial charge in [-0.15, -0.1) is 21.5 Å². The van der Waals surface area contributed by atoms with Gasteiger partial charge in [-0.05, 0) is 44.5 Å². The number of nitrogens with zero attached hydrogens (tertiary/aromatic N) is 2. The third-order valence-corrected chi connectivity index (χ3v) is 5.58.